The van der Waals surface area contributed by atoms with Gasteiger partial charge in [0.05, 0.1) is 4.91 Å². The van der Waals surface area contributed by atoms with Crippen molar-refractivity contribution in [1.82, 2.24) is 9.88 Å². The van der Waals surface area contributed by atoms with E-state index in [2.05, 4.69) is 9.88 Å². The number of nitrogens with one attached hydrogen (secondary N) is 1. The highest BCUT2D eigenvalue weighted by Gasteiger charge is 2.40. The fourth-order valence-corrected chi connectivity index (χ4v) is 5.82. The van der Waals surface area contributed by atoms with Crippen molar-refractivity contribution in [2.75, 3.05) is 29.7 Å². The summed E-state index contributed by atoms with van der Waals surface area (Å²) in [5.41, 5.74) is 3.53. The van der Waals surface area contributed by atoms with E-state index in [1.165, 1.54) is 4.90 Å². The van der Waals surface area contributed by atoms with Gasteiger partial charge in [-0.15, -0.1) is 23.2 Å². The lowest BCUT2D eigenvalue weighted by Gasteiger charge is -2.23. The van der Waals surface area contributed by atoms with Gasteiger partial charge in [0.25, 0.3) is 5.91 Å². The molecule has 1 fully saturated rings. The average molecular weight is 549 g/mol. The maximum absolute atomic E-state index is 13.2. The summed E-state index contributed by atoms with van der Waals surface area (Å²) >= 11 is 18.3. The number of nitrogens with zero attached hydrogens (tertiary/aromatic N) is 2. The summed E-state index contributed by atoms with van der Waals surface area (Å²) in [4.78, 5) is 32.3. The third-order valence-corrected chi connectivity index (χ3v) is 7.44. The van der Waals surface area contributed by atoms with Crippen molar-refractivity contribution < 1.29 is 14.7 Å². The summed E-state index contributed by atoms with van der Waals surface area (Å²) in [5, 5.41) is 10.9. The number of benzene rings is 2. The number of thioether (sulfide) groups is 1. The molecule has 2 aromatic carbocycles. The van der Waals surface area contributed by atoms with Gasteiger partial charge in [-0.05, 0) is 35.4 Å². The van der Waals surface area contributed by atoms with Crippen molar-refractivity contribution in [2.24, 2.45) is 0 Å². The van der Waals surface area contributed by atoms with Crippen molar-refractivity contribution in [2.45, 2.75) is 12.5 Å². The van der Waals surface area contributed by atoms with E-state index in [9.17, 15) is 14.7 Å². The summed E-state index contributed by atoms with van der Waals surface area (Å²) in [6.07, 6.45) is 3.67. The van der Waals surface area contributed by atoms with Crippen LogP contribution < -0.4 is 4.90 Å². The Morgan fingerprint density at radius 3 is 2.49 bits per heavy atom. The quantitative estimate of drug-likeness (QED) is 0.202. The van der Waals surface area contributed by atoms with Crippen molar-refractivity contribution in [1.29, 1.82) is 0 Å². The summed E-state index contributed by atoms with van der Waals surface area (Å²) in [6.45, 7) is 1.36. The minimum Gasteiger partial charge on any atom is -0.480 e. The molecule has 0 radical (unpaired) electrons. The van der Waals surface area contributed by atoms with E-state index in [0.717, 1.165) is 39.5 Å². The number of fused-ring (bicyclic) bond motifs is 1. The summed E-state index contributed by atoms with van der Waals surface area (Å²) < 4.78 is 0.237. The first kappa shape index (κ1) is 25.6. The third-order valence-electron chi connectivity index (χ3n) is 5.77. The highest BCUT2D eigenvalue weighted by atomic mass is 35.5. The SMILES string of the molecule is O=C(O)C(Cc1c[nH]c2ccccc12)N1C(=O)/C(=C\c2ccc(N(CCCl)CCCl)cc2)SC1=S. The minimum atomic E-state index is -1.10. The molecule has 0 saturated carbocycles. The van der Waals surface area contributed by atoms with Crippen molar-refractivity contribution in [3.63, 3.8) is 0 Å². The number of carboxylic acid groups (broad SMARTS) is 1. The molecule has 35 heavy (non-hydrogen) atoms. The normalized spacial score (nSPS) is 15.8. The molecule has 0 bridgehead atoms. The van der Waals surface area contributed by atoms with E-state index in [0.29, 0.717) is 29.8 Å². The molecule has 10 heteroatoms. The second-order valence-corrected chi connectivity index (χ2v) is 10.4. The molecule has 1 aliphatic rings. The van der Waals surface area contributed by atoms with Gasteiger partial charge in [-0.25, -0.2) is 4.79 Å². The van der Waals surface area contributed by atoms with Gasteiger partial charge in [-0.2, -0.15) is 0 Å². The Hall–Kier alpha value is -2.52. The van der Waals surface area contributed by atoms with Crippen LogP contribution in [0.4, 0.5) is 5.69 Å². The fraction of sp³-hybridized carbons (Fsp3) is 0.240. The number of aromatic amines is 1. The zero-order valence-electron chi connectivity index (χ0n) is 18.6. The zero-order chi connectivity index (χ0) is 24.9. The Kier molecular flexibility index (Phi) is 8.38. The second-order valence-electron chi connectivity index (χ2n) is 7.93. The number of rotatable bonds is 10. The number of thiocarbonyl (C=S) groups is 1. The maximum Gasteiger partial charge on any atom is 0.327 e. The lowest BCUT2D eigenvalue weighted by atomic mass is 10.0. The Morgan fingerprint density at radius 2 is 1.83 bits per heavy atom. The number of carbonyl (C=O) groups excluding carboxylic acids is 1. The number of aromatic nitrogens is 1. The molecular weight excluding hydrogens is 525 g/mol. The lowest BCUT2D eigenvalue weighted by molar-refractivity contribution is -0.145. The maximum atomic E-state index is 13.2. The van der Waals surface area contributed by atoms with Gasteiger partial charge < -0.3 is 15.0 Å². The number of H-pyrrole nitrogens is 1. The molecule has 1 unspecified atom stereocenters. The van der Waals surface area contributed by atoms with Crippen molar-refractivity contribution in [3.8, 4) is 0 Å². The van der Waals surface area contributed by atoms with Crippen LogP contribution in [0.15, 0.2) is 59.6 Å². The molecule has 1 aromatic heterocycles. The first-order valence-electron chi connectivity index (χ1n) is 10.9. The highest BCUT2D eigenvalue weighted by molar-refractivity contribution is 8.26. The summed E-state index contributed by atoms with van der Waals surface area (Å²) in [7, 11) is 0. The van der Waals surface area contributed by atoms with E-state index in [4.69, 9.17) is 35.4 Å². The number of para-hydroxylation sites is 1. The molecule has 2 N–H and O–H groups in total. The first-order chi connectivity index (χ1) is 16.9. The summed E-state index contributed by atoms with van der Waals surface area (Å²) in [6, 6.07) is 14.2. The van der Waals surface area contributed by atoms with Gasteiger partial charge in [0.1, 0.15) is 10.4 Å². The molecule has 4 rings (SSSR count). The van der Waals surface area contributed by atoms with Gasteiger partial charge in [-0.1, -0.05) is 54.3 Å². The van der Waals surface area contributed by atoms with Crippen LogP contribution >= 0.6 is 47.2 Å². The van der Waals surface area contributed by atoms with E-state index in [1.54, 1.807) is 12.3 Å². The second kappa shape index (κ2) is 11.5. The van der Waals surface area contributed by atoms with Crippen LogP contribution in [0.1, 0.15) is 11.1 Å². The number of hydrogen-bond acceptors (Lipinski definition) is 5. The predicted octanol–water partition coefficient (Wildman–Crippen LogP) is 5.35. The molecular formula is C25H23Cl2N3O3S2. The lowest BCUT2D eigenvalue weighted by Crippen LogP contribution is -2.45. The molecule has 1 aliphatic heterocycles. The van der Waals surface area contributed by atoms with E-state index in [1.807, 2.05) is 48.5 Å². The molecule has 2 heterocycles. The number of halogens is 2. The number of hydrogen-bond donors (Lipinski definition) is 2. The van der Waals surface area contributed by atoms with Crippen molar-refractivity contribution >= 4 is 86.0 Å². The van der Waals surface area contributed by atoms with Crippen molar-refractivity contribution in [3.05, 3.63) is 70.8 Å². The number of amides is 1. The molecule has 0 spiro atoms. The molecule has 6 nitrogen and oxygen atoms in total. The number of alkyl halides is 2. The number of anilines is 1. The first-order valence-corrected chi connectivity index (χ1v) is 13.2. The number of carboxylic acids is 1. The van der Waals surface area contributed by atoms with Crippen LogP contribution in [-0.4, -0.2) is 62.1 Å². The minimum absolute atomic E-state index is 0.144. The average Bonchev–Trinajstić information content (AvgIpc) is 3.38. The van der Waals surface area contributed by atoms with Crippen LogP contribution in [0.25, 0.3) is 17.0 Å². The van der Waals surface area contributed by atoms with Crippen LogP contribution in [0.2, 0.25) is 0 Å². The topological polar surface area (TPSA) is 76.6 Å². The molecule has 1 amide bonds. The highest BCUT2D eigenvalue weighted by Crippen LogP contribution is 2.35. The van der Waals surface area contributed by atoms with Crippen LogP contribution in [-0.2, 0) is 16.0 Å². The molecule has 3 aromatic rings. The van der Waals surface area contributed by atoms with E-state index in [-0.39, 0.29) is 10.7 Å². The van der Waals surface area contributed by atoms with Gasteiger partial charge in [0.15, 0.2) is 0 Å². The van der Waals surface area contributed by atoms with Crippen LogP contribution in [0, 0.1) is 0 Å². The standard InChI is InChI=1S/C25H23Cl2N3O3S2/c26-9-11-29(12-10-27)18-7-5-16(6-8-18)13-22-23(31)30(25(34)35-22)21(24(32)33)14-17-15-28-20-4-2-1-3-19(17)20/h1-8,13,15,21,28H,9-12,14H2,(H,32,33)/b22-13+. The molecule has 0 aliphatic carbocycles. The smallest absolute Gasteiger partial charge is 0.327 e. The largest absolute Gasteiger partial charge is 0.480 e. The zero-order valence-corrected chi connectivity index (χ0v) is 21.8. The van der Waals surface area contributed by atoms with Gasteiger partial charge >= 0.3 is 5.97 Å². The number of aliphatic carboxylic acids is 1. The Morgan fingerprint density at radius 1 is 1.14 bits per heavy atom. The van der Waals surface area contributed by atoms with E-state index < -0.39 is 17.9 Å². The fourth-order valence-electron chi connectivity index (χ4n) is 4.05. The van der Waals surface area contributed by atoms with E-state index >= 15 is 0 Å². The molecule has 182 valence electrons. The van der Waals surface area contributed by atoms with Crippen LogP contribution in [0.3, 0.4) is 0 Å². The molecule has 1 saturated heterocycles. The Balaban J connectivity index is 1.55. The third kappa shape index (κ3) is 5.67. The number of carbonyl (C=O) groups is 2. The van der Waals surface area contributed by atoms with Crippen LogP contribution in [0.5, 0.6) is 0 Å². The van der Waals surface area contributed by atoms with Gasteiger partial charge in [-0.3, -0.25) is 9.69 Å². The van der Waals surface area contributed by atoms with Gasteiger partial charge in [0.2, 0.25) is 0 Å². The summed E-state index contributed by atoms with van der Waals surface area (Å²) in [5.74, 6) is -0.521. The Labute approximate surface area is 222 Å². The van der Waals surface area contributed by atoms with Gasteiger partial charge in [0, 0.05) is 54.1 Å². The molecule has 1 atom stereocenters. The Bertz CT molecular complexity index is 1270. The monoisotopic (exact) mass is 547 g/mol. The predicted molar refractivity (Wildman–Crippen MR) is 149 cm³/mol.